The molecule has 1 aliphatic heterocycles. The molecule has 1 saturated heterocycles. The van der Waals surface area contributed by atoms with Crippen LogP contribution in [0.15, 0.2) is 5.16 Å². The van der Waals surface area contributed by atoms with E-state index >= 15 is 0 Å². The Hall–Kier alpha value is -0.610. The van der Waals surface area contributed by atoms with E-state index < -0.39 is 0 Å². The number of nitrogens with zero attached hydrogens (tertiary/aromatic N) is 1. The predicted molar refractivity (Wildman–Crippen MR) is 43.9 cm³/mol. The highest BCUT2D eigenvalue weighted by Crippen LogP contribution is 2.14. The van der Waals surface area contributed by atoms with Crippen LogP contribution in [0, 0.1) is 5.41 Å². The van der Waals surface area contributed by atoms with Crippen molar-refractivity contribution in [3.8, 4) is 0 Å². The summed E-state index contributed by atoms with van der Waals surface area (Å²) in [6.45, 7) is 6.24. The first-order valence-electron chi connectivity index (χ1n) is 3.78. The molecule has 4 nitrogen and oxygen atoms in total. The Morgan fingerprint density at radius 1 is 1.45 bits per heavy atom. The fourth-order valence-corrected chi connectivity index (χ4v) is 1.08. The molecule has 1 heterocycles. The van der Waals surface area contributed by atoms with E-state index in [0.717, 1.165) is 13.1 Å². The maximum Gasteiger partial charge on any atom is 0.0973 e. The second kappa shape index (κ2) is 3.19. The highest BCUT2D eigenvalue weighted by atomic mass is 16.4. The normalized spacial score (nSPS) is 26.0. The van der Waals surface area contributed by atoms with Gasteiger partial charge < -0.3 is 5.21 Å². The summed E-state index contributed by atoms with van der Waals surface area (Å²) >= 11 is 0. The average Bonchev–Trinajstić information content (AvgIpc) is 1.94. The third-order valence-corrected chi connectivity index (χ3v) is 1.82. The third kappa shape index (κ3) is 2.48. The van der Waals surface area contributed by atoms with Crippen molar-refractivity contribution in [2.24, 2.45) is 10.6 Å². The molecule has 1 rings (SSSR count). The van der Waals surface area contributed by atoms with Crippen LogP contribution in [0.1, 0.15) is 13.8 Å². The van der Waals surface area contributed by atoms with Gasteiger partial charge >= 0.3 is 0 Å². The van der Waals surface area contributed by atoms with Crippen molar-refractivity contribution < 1.29 is 5.21 Å². The molecule has 1 aliphatic rings. The molecule has 1 fully saturated rings. The molecule has 0 aromatic rings. The molecule has 0 atom stereocenters. The van der Waals surface area contributed by atoms with Gasteiger partial charge in [0.2, 0.25) is 0 Å². The lowest BCUT2D eigenvalue weighted by Gasteiger charge is -2.34. The van der Waals surface area contributed by atoms with Crippen molar-refractivity contribution >= 4 is 6.21 Å². The van der Waals surface area contributed by atoms with E-state index in [1.807, 2.05) is 0 Å². The standard InChI is InChI=1S/C7H15N3O/c1-7(2)4-8-6(3-10-11)9-5-7/h3,6,8-9,11H,4-5H2,1-2H3/b10-3+. The molecule has 4 heteroatoms. The van der Waals surface area contributed by atoms with Gasteiger partial charge in [-0.05, 0) is 5.41 Å². The first kappa shape index (κ1) is 8.49. The number of rotatable bonds is 1. The van der Waals surface area contributed by atoms with Crippen LogP contribution in [0.5, 0.6) is 0 Å². The van der Waals surface area contributed by atoms with Gasteiger partial charge in [0.05, 0.1) is 12.4 Å². The van der Waals surface area contributed by atoms with Crippen molar-refractivity contribution in [2.45, 2.75) is 20.0 Å². The second-order valence-electron chi connectivity index (χ2n) is 3.67. The van der Waals surface area contributed by atoms with E-state index in [1.165, 1.54) is 6.21 Å². The Morgan fingerprint density at radius 2 is 2.00 bits per heavy atom. The van der Waals surface area contributed by atoms with Crippen LogP contribution in [-0.4, -0.2) is 30.7 Å². The van der Waals surface area contributed by atoms with Crippen molar-refractivity contribution in [3.05, 3.63) is 0 Å². The largest absolute Gasteiger partial charge is 0.411 e. The highest BCUT2D eigenvalue weighted by Gasteiger charge is 2.24. The van der Waals surface area contributed by atoms with Crippen LogP contribution < -0.4 is 10.6 Å². The van der Waals surface area contributed by atoms with E-state index in [1.54, 1.807) is 0 Å². The van der Waals surface area contributed by atoms with E-state index in [0.29, 0.717) is 5.41 Å². The summed E-state index contributed by atoms with van der Waals surface area (Å²) in [7, 11) is 0. The van der Waals surface area contributed by atoms with Crippen molar-refractivity contribution in [1.82, 2.24) is 10.6 Å². The SMILES string of the molecule is CC1(C)CNC(/C=N/O)NC1. The number of hydrogen-bond acceptors (Lipinski definition) is 4. The van der Waals surface area contributed by atoms with Gasteiger partial charge in [-0.15, -0.1) is 0 Å². The quantitative estimate of drug-likeness (QED) is 0.285. The topological polar surface area (TPSA) is 56.7 Å². The van der Waals surface area contributed by atoms with Gasteiger partial charge in [0.1, 0.15) is 0 Å². The van der Waals surface area contributed by atoms with Crippen LogP contribution in [0.4, 0.5) is 0 Å². The minimum absolute atomic E-state index is 0.0213. The molecule has 0 aliphatic carbocycles. The van der Waals surface area contributed by atoms with Gasteiger partial charge in [0.15, 0.2) is 0 Å². The molecule has 0 aromatic heterocycles. The van der Waals surface area contributed by atoms with Crippen LogP contribution >= 0.6 is 0 Å². The lowest BCUT2D eigenvalue weighted by Crippen LogP contribution is -2.56. The second-order valence-corrected chi connectivity index (χ2v) is 3.67. The van der Waals surface area contributed by atoms with E-state index in [2.05, 4.69) is 29.6 Å². The third-order valence-electron chi connectivity index (χ3n) is 1.82. The van der Waals surface area contributed by atoms with Crippen LogP contribution in [0.3, 0.4) is 0 Å². The minimum atomic E-state index is 0.0213. The molecular weight excluding hydrogens is 142 g/mol. The maximum absolute atomic E-state index is 8.24. The molecule has 11 heavy (non-hydrogen) atoms. The van der Waals surface area contributed by atoms with Crippen molar-refractivity contribution in [3.63, 3.8) is 0 Å². The van der Waals surface area contributed by atoms with Crippen LogP contribution in [-0.2, 0) is 0 Å². The van der Waals surface area contributed by atoms with Gasteiger partial charge in [-0.25, -0.2) is 0 Å². The monoisotopic (exact) mass is 157 g/mol. The zero-order chi connectivity index (χ0) is 8.32. The van der Waals surface area contributed by atoms with Crippen molar-refractivity contribution in [2.75, 3.05) is 13.1 Å². The Labute approximate surface area is 66.7 Å². The van der Waals surface area contributed by atoms with Crippen molar-refractivity contribution in [1.29, 1.82) is 0 Å². The predicted octanol–water partition coefficient (Wildman–Crippen LogP) is -0.00850. The molecule has 0 aromatic carbocycles. The molecule has 64 valence electrons. The summed E-state index contributed by atoms with van der Waals surface area (Å²) in [6.07, 6.45) is 1.47. The first-order valence-corrected chi connectivity index (χ1v) is 3.78. The van der Waals surface area contributed by atoms with E-state index in [4.69, 9.17) is 5.21 Å². The summed E-state index contributed by atoms with van der Waals surface area (Å²) in [4.78, 5) is 0. The number of oxime groups is 1. The van der Waals surface area contributed by atoms with Crippen LogP contribution in [0.25, 0.3) is 0 Å². The zero-order valence-corrected chi connectivity index (χ0v) is 6.96. The minimum Gasteiger partial charge on any atom is -0.411 e. The Morgan fingerprint density at radius 3 is 2.45 bits per heavy atom. The Kier molecular flexibility index (Phi) is 2.46. The molecule has 0 unspecified atom stereocenters. The molecule has 3 N–H and O–H groups in total. The first-order chi connectivity index (χ1) is 5.14. The lowest BCUT2D eigenvalue weighted by molar-refractivity contribution is 0.245. The molecule has 0 saturated carbocycles. The van der Waals surface area contributed by atoms with Gasteiger partial charge in [-0.2, -0.15) is 0 Å². The fraction of sp³-hybridized carbons (Fsp3) is 0.857. The molecule has 0 amide bonds. The highest BCUT2D eigenvalue weighted by molar-refractivity contribution is 5.63. The summed E-state index contributed by atoms with van der Waals surface area (Å²) in [5.41, 5.74) is 0.291. The molecule has 0 spiro atoms. The van der Waals surface area contributed by atoms with Gasteiger partial charge in [0.25, 0.3) is 0 Å². The van der Waals surface area contributed by atoms with Crippen LogP contribution in [0.2, 0.25) is 0 Å². The zero-order valence-electron chi connectivity index (χ0n) is 6.96. The summed E-state index contributed by atoms with van der Waals surface area (Å²) < 4.78 is 0. The molecular formula is C7H15N3O. The Balaban J connectivity index is 2.36. The van der Waals surface area contributed by atoms with Gasteiger partial charge in [-0.3, -0.25) is 10.6 Å². The maximum atomic E-state index is 8.24. The summed E-state index contributed by atoms with van der Waals surface area (Å²) in [6, 6.07) is 0. The van der Waals surface area contributed by atoms with E-state index in [9.17, 15) is 0 Å². The molecule has 0 bridgehead atoms. The number of nitrogens with one attached hydrogen (secondary N) is 2. The van der Waals surface area contributed by atoms with Gasteiger partial charge in [0, 0.05) is 13.1 Å². The molecule has 0 radical (unpaired) electrons. The average molecular weight is 157 g/mol. The smallest absolute Gasteiger partial charge is 0.0973 e. The summed E-state index contributed by atoms with van der Waals surface area (Å²) in [5, 5.41) is 17.6. The van der Waals surface area contributed by atoms with E-state index in [-0.39, 0.29) is 6.17 Å². The summed E-state index contributed by atoms with van der Waals surface area (Å²) in [5.74, 6) is 0. The fourth-order valence-electron chi connectivity index (χ4n) is 1.08. The number of hydrogen-bond donors (Lipinski definition) is 3. The Bertz CT molecular complexity index is 146. The lowest BCUT2D eigenvalue weighted by atomic mass is 9.91. The van der Waals surface area contributed by atoms with Gasteiger partial charge in [-0.1, -0.05) is 19.0 Å².